The minimum Gasteiger partial charge on any atom is -0.490 e. The molecule has 2 aromatic rings. The molecular formula is C16H15N3O2. The molecule has 2 rings (SSSR count). The van der Waals surface area contributed by atoms with Gasteiger partial charge in [-0.1, -0.05) is 12.7 Å². The van der Waals surface area contributed by atoms with Gasteiger partial charge < -0.3 is 4.74 Å². The van der Waals surface area contributed by atoms with E-state index in [9.17, 15) is 4.79 Å². The van der Waals surface area contributed by atoms with Crippen LogP contribution in [0.3, 0.4) is 0 Å². The molecule has 5 heteroatoms. The molecular weight excluding hydrogens is 266 g/mol. The van der Waals surface area contributed by atoms with Gasteiger partial charge in [0.2, 0.25) is 0 Å². The van der Waals surface area contributed by atoms with E-state index in [4.69, 9.17) is 4.74 Å². The number of benzene rings is 1. The van der Waals surface area contributed by atoms with Crippen LogP contribution in [0.1, 0.15) is 15.9 Å². The molecule has 0 saturated heterocycles. The lowest BCUT2D eigenvalue weighted by Gasteiger charge is -2.04. The highest BCUT2D eigenvalue weighted by atomic mass is 16.5. The number of aromatic nitrogens is 1. The Morgan fingerprint density at radius 3 is 2.62 bits per heavy atom. The summed E-state index contributed by atoms with van der Waals surface area (Å²) >= 11 is 0. The zero-order valence-corrected chi connectivity index (χ0v) is 11.4. The molecule has 0 unspecified atom stereocenters. The van der Waals surface area contributed by atoms with E-state index < -0.39 is 0 Å². The molecule has 0 fully saturated rings. The Morgan fingerprint density at radius 2 is 1.95 bits per heavy atom. The van der Waals surface area contributed by atoms with E-state index in [1.165, 1.54) is 0 Å². The van der Waals surface area contributed by atoms with Crippen LogP contribution >= 0.6 is 0 Å². The van der Waals surface area contributed by atoms with E-state index in [0.29, 0.717) is 17.9 Å². The van der Waals surface area contributed by atoms with Crippen molar-refractivity contribution in [2.75, 3.05) is 6.61 Å². The molecule has 0 atom stereocenters. The van der Waals surface area contributed by atoms with Gasteiger partial charge in [0.1, 0.15) is 12.4 Å². The minimum absolute atomic E-state index is 0.282. The van der Waals surface area contributed by atoms with Crippen LogP contribution in [-0.2, 0) is 0 Å². The van der Waals surface area contributed by atoms with Gasteiger partial charge in [0, 0.05) is 18.0 Å². The zero-order valence-electron chi connectivity index (χ0n) is 11.4. The SMILES string of the molecule is C=CCOc1ccc(C(=O)N/N=C\c2ccncc2)cc1. The summed E-state index contributed by atoms with van der Waals surface area (Å²) in [5.74, 6) is 0.405. The lowest BCUT2D eigenvalue weighted by molar-refractivity contribution is 0.0955. The van der Waals surface area contributed by atoms with Crippen molar-refractivity contribution in [3.8, 4) is 5.75 Å². The van der Waals surface area contributed by atoms with Crippen LogP contribution in [0, 0.1) is 0 Å². The third-order valence-corrected chi connectivity index (χ3v) is 2.57. The number of pyridine rings is 1. The molecule has 0 bridgehead atoms. The molecule has 106 valence electrons. The quantitative estimate of drug-likeness (QED) is 0.502. The van der Waals surface area contributed by atoms with Crippen molar-refractivity contribution in [1.82, 2.24) is 10.4 Å². The summed E-state index contributed by atoms with van der Waals surface area (Å²) in [4.78, 5) is 15.8. The summed E-state index contributed by atoms with van der Waals surface area (Å²) in [6, 6.07) is 10.4. The number of ether oxygens (including phenoxy) is 1. The number of amides is 1. The Kier molecular flexibility index (Phi) is 5.23. The number of carbonyl (C=O) groups is 1. The van der Waals surface area contributed by atoms with Crippen molar-refractivity contribution in [3.05, 3.63) is 72.6 Å². The first kappa shape index (κ1) is 14.5. The Morgan fingerprint density at radius 1 is 1.24 bits per heavy atom. The van der Waals surface area contributed by atoms with E-state index >= 15 is 0 Å². The molecule has 0 spiro atoms. The monoisotopic (exact) mass is 281 g/mol. The Balaban J connectivity index is 1.91. The first-order valence-electron chi connectivity index (χ1n) is 6.37. The average molecular weight is 281 g/mol. The maximum Gasteiger partial charge on any atom is 0.271 e. The number of nitrogens with zero attached hydrogens (tertiary/aromatic N) is 2. The fraction of sp³-hybridized carbons (Fsp3) is 0.0625. The van der Waals surface area contributed by atoms with Crippen molar-refractivity contribution < 1.29 is 9.53 Å². The maximum absolute atomic E-state index is 11.9. The van der Waals surface area contributed by atoms with Gasteiger partial charge in [-0.2, -0.15) is 5.10 Å². The maximum atomic E-state index is 11.9. The summed E-state index contributed by atoms with van der Waals surface area (Å²) in [5.41, 5.74) is 3.83. The van der Waals surface area contributed by atoms with Gasteiger partial charge in [0.25, 0.3) is 5.91 Å². The third kappa shape index (κ3) is 4.58. The molecule has 1 heterocycles. The van der Waals surface area contributed by atoms with E-state index in [1.807, 2.05) is 0 Å². The smallest absolute Gasteiger partial charge is 0.271 e. The van der Waals surface area contributed by atoms with E-state index in [0.717, 1.165) is 5.56 Å². The highest BCUT2D eigenvalue weighted by molar-refractivity contribution is 5.94. The lowest BCUT2D eigenvalue weighted by Crippen LogP contribution is -2.17. The van der Waals surface area contributed by atoms with Crippen molar-refractivity contribution in [2.45, 2.75) is 0 Å². The van der Waals surface area contributed by atoms with Crippen molar-refractivity contribution in [1.29, 1.82) is 0 Å². The van der Waals surface area contributed by atoms with Crippen LogP contribution in [0.15, 0.2) is 66.5 Å². The average Bonchev–Trinajstić information content (AvgIpc) is 2.54. The lowest BCUT2D eigenvalue weighted by atomic mass is 10.2. The van der Waals surface area contributed by atoms with E-state index in [1.54, 1.807) is 61.1 Å². The summed E-state index contributed by atoms with van der Waals surface area (Å²) in [6.45, 7) is 4.00. The highest BCUT2D eigenvalue weighted by Crippen LogP contribution is 2.12. The molecule has 0 aliphatic carbocycles. The molecule has 1 amide bonds. The number of carbonyl (C=O) groups excluding carboxylic acids is 1. The Labute approximate surface area is 123 Å². The number of nitrogens with one attached hydrogen (secondary N) is 1. The van der Waals surface area contributed by atoms with Gasteiger partial charge in [0.05, 0.1) is 6.21 Å². The van der Waals surface area contributed by atoms with Gasteiger partial charge >= 0.3 is 0 Å². The van der Waals surface area contributed by atoms with Gasteiger partial charge in [0.15, 0.2) is 0 Å². The first-order valence-corrected chi connectivity index (χ1v) is 6.37. The Bertz CT molecular complexity index is 622. The molecule has 0 aliphatic rings. The largest absolute Gasteiger partial charge is 0.490 e. The van der Waals surface area contributed by atoms with Crippen LogP contribution in [0.25, 0.3) is 0 Å². The molecule has 5 nitrogen and oxygen atoms in total. The van der Waals surface area contributed by atoms with Gasteiger partial charge in [-0.3, -0.25) is 9.78 Å². The summed E-state index contributed by atoms with van der Waals surface area (Å²) in [6.07, 6.45) is 6.53. The van der Waals surface area contributed by atoms with Gasteiger partial charge in [-0.05, 0) is 42.0 Å². The fourth-order valence-corrected chi connectivity index (χ4v) is 1.54. The molecule has 0 radical (unpaired) electrons. The first-order chi connectivity index (χ1) is 10.3. The second-order valence-corrected chi connectivity index (χ2v) is 4.10. The number of hydrogen-bond donors (Lipinski definition) is 1. The molecule has 0 saturated carbocycles. The second kappa shape index (κ2) is 7.59. The molecule has 1 N–H and O–H groups in total. The van der Waals surface area contributed by atoms with Gasteiger partial charge in [-0.15, -0.1) is 0 Å². The standard InChI is InChI=1S/C16H15N3O2/c1-2-11-21-15-5-3-14(4-6-15)16(20)19-18-12-13-7-9-17-10-8-13/h2-10,12H,1,11H2,(H,19,20)/b18-12-. The predicted molar refractivity (Wildman–Crippen MR) is 81.4 cm³/mol. The van der Waals surface area contributed by atoms with E-state index in [2.05, 4.69) is 22.1 Å². The van der Waals surface area contributed by atoms with E-state index in [-0.39, 0.29) is 5.91 Å². The molecule has 0 aliphatic heterocycles. The zero-order chi connectivity index (χ0) is 14.9. The van der Waals surface area contributed by atoms with Crippen LogP contribution in [0.4, 0.5) is 0 Å². The number of hydrazone groups is 1. The second-order valence-electron chi connectivity index (χ2n) is 4.10. The third-order valence-electron chi connectivity index (χ3n) is 2.57. The fourth-order valence-electron chi connectivity index (χ4n) is 1.54. The van der Waals surface area contributed by atoms with Crippen molar-refractivity contribution in [2.24, 2.45) is 5.10 Å². The normalized spacial score (nSPS) is 10.3. The van der Waals surface area contributed by atoms with Crippen LogP contribution < -0.4 is 10.2 Å². The molecule has 21 heavy (non-hydrogen) atoms. The molecule has 1 aromatic heterocycles. The molecule has 1 aromatic carbocycles. The highest BCUT2D eigenvalue weighted by Gasteiger charge is 2.03. The minimum atomic E-state index is -0.282. The van der Waals surface area contributed by atoms with Crippen LogP contribution in [-0.4, -0.2) is 23.7 Å². The van der Waals surface area contributed by atoms with Crippen LogP contribution in [0.2, 0.25) is 0 Å². The number of rotatable bonds is 6. The predicted octanol–water partition coefficient (Wildman–Crippen LogP) is 2.41. The summed E-state index contributed by atoms with van der Waals surface area (Å²) < 4.78 is 5.34. The Hall–Kier alpha value is -2.95. The summed E-state index contributed by atoms with van der Waals surface area (Å²) in [5, 5.41) is 3.89. The topological polar surface area (TPSA) is 63.6 Å². The number of hydrogen-bond acceptors (Lipinski definition) is 4. The van der Waals surface area contributed by atoms with Crippen molar-refractivity contribution >= 4 is 12.1 Å². The van der Waals surface area contributed by atoms with Crippen LogP contribution in [0.5, 0.6) is 5.75 Å². The van der Waals surface area contributed by atoms with Gasteiger partial charge in [-0.25, -0.2) is 5.43 Å². The summed E-state index contributed by atoms with van der Waals surface area (Å²) in [7, 11) is 0. The van der Waals surface area contributed by atoms with Crippen molar-refractivity contribution in [3.63, 3.8) is 0 Å².